The van der Waals surface area contributed by atoms with Crippen molar-refractivity contribution in [2.24, 2.45) is 5.92 Å². The summed E-state index contributed by atoms with van der Waals surface area (Å²) in [5, 5.41) is 0. The molecule has 0 heterocycles. The Morgan fingerprint density at radius 3 is 2.56 bits per heavy atom. The van der Waals surface area contributed by atoms with Crippen LogP contribution in [0.3, 0.4) is 0 Å². The molecule has 0 fully saturated rings. The Labute approximate surface area is 97.2 Å². The highest BCUT2D eigenvalue weighted by Gasteiger charge is 2.41. The molecule has 0 N–H and O–H groups in total. The molecule has 2 unspecified atom stereocenters. The van der Waals surface area contributed by atoms with Crippen molar-refractivity contribution in [2.45, 2.75) is 32.1 Å². The van der Waals surface area contributed by atoms with Gasteiger partial charge in [-0.3, -0.25) is 4.79 Å². The number of hydrogen-bond acceptors (Lipinski definition) is 1. The minimum atomic E-state index is -0.296. The van der Waals surface area contributed by atoms with E-state index >= 15 is 0 Å². The first-order valence-electron chi connectivity index (χ1n) is 5.91. The first-order valence-corrected chi connectivity index (χ1v) is 5.91. The van der Waals surface area contributed by atoms with Crippen molar-refractivity contribution >= 4 is 5.78 Å². The Bertz CT molecular complexity index is 405. The molecule has 0 spiro atoms. The van der Waals surface area contributed by atoms with Gasteiger partial charge in [-0.25, -0.2) is 0 Å². The lowest BCUT2D eigenvalue weighted by Crippen LogP contribution is -2.41. The first kappa shape index (κ1) is 11.1. The minimum Gasteiger partial charge on any atom is -0.299 e. The average Bonchev–Trinajstić information content (AvgIpc) is 2.30. The molecule has 1 aliphatic carbocycles. The third-order valence-electron chi connectivity index (χ3n) is 3.82. The van der Waals surface area contributed by atoms with Gasteiger partial charge >= 0.3 is 0 Å². The van der Waals surface area contributed by atoms with Gasteiger partial charge in [0.2, 0.25) is 0 Å². The van der Waals surface area contributed by atoms with Crippen LogP contribution in [-0.4, -0.2) is 5.78 Å². The van der Waals surface area contributed by atoms with E-state index in [9.17, 15) is 4.79 Å². The topological polar surface area (TPSA) is 17.1 Å². The lowest BCUT2D eigenvalue weighted by molar-refractivity contribution is -0.124. The largest absolute Gasteiger partial charge is 0.299 e. The van der Waals surface area contributed by atoms with Gasteiger partial charge in [-0.1, -0.05) is 49.4 Å². The van der Waals surface area contributed by atoms with Crippen LogP contribution in [0.1, 0.15) is 32.3 Å². The van der Waals surface area contributed by atoms with Crippen molar-refractivity contribution in [3.8, 4) is 0 Å². The van der Waals surface area contributed by atoms with E-state index in [1.807, 2.05) is 18.2 Å². The van der Waals surface area contributed by atoms with Crippen molar-refractivity contribution in [3.05, 3.63) is 48.0 Å². The fourth-order valence-electron chi connectivity index (χ4n) is 2.85. The lowest BCUT2D eigenvalue weighted by atomic mass is 9.63. The van der Waals surface area contributed by atoms with E-state index in [1.54, 1.807) is 6.92 Å². The maximum absolute atomic E-state index is 12.1. The Morgan fingerprint density at radius 2 is 2.00 bits per heavy atom. The highest BCUT2D eigenvalue weighted by molar-refractivity contribution is 5.89. The summed E-state index contributed by atoms with van der Waals surface area (Å²) in [7, 11) is 0. The van der Waals surface area contributed by atoms with Gasteiger partial charge in [0.1, 0.15) is 5.78 Å². The fourth-order valence-corrected chi connectivity index (χ4v) is 2.85. The molecule has 2 rings (SSSR count). The maximum atomic E-state index is 12.1. The summed E-state index contributed by atoms with van der Waals surface area (Å²) < 4.78 is 0. The van der Waals surface area contributed by atoms with Crippen LogP contribution in [0.2, 0.25) is 0 Å². The zero-order valence-corrected chi connectivity index (χ0v) is 9.94. The van der Waals surface area contributed by atoms with Gasteiger partial charge in [-0.2, -0.15) is 0 Å². The molecule has 0 radical (unpaired) electrons. The van der Waals surface area contributed by atoms with Gasteiger partial charge in [0.25, 0.3) is 0 Å². The second-order valence-corrected chi connectivity index (χ2v) is 4.65. The first-order chi connectivity index (χ1) is 7.68. The van der Waals surface area contributed by atoms with Crippen molar-refractivity contribution in [1.29, 1.82) is 0 Å². The highest BCUT2D eigenvalue weighted by atomic mass is 16.1. The van der Waals surface area contributed by atoms with Crippen molar-refractivity contribution < 1.29 is 4.79 Å². The van der Waals surface area contributed by atoms with E-state index in [-0.39, 0.29) is 11.2 Å². The van der Waals surface area contributed by atoms with E-state index in [0.717, 1.165) is 12.8 Å². The summed E-state index contributed by atoms with van der Waals surface area (Å²) in [4.78, 5) is 12.1. The van der Waals surface area contributed by atoms with Crippen LogP contribution in [0, 0.1) is 5.92 Å². The number of carbonyl (C=O) groups is 1. The quantitative estimate of drug-likeness (QED) is 0.689. The molecule has 0 saturated carbocycles. The Morgan fingerprint density at radius 1 is 1.31 bits per heavy atom. The van der Waals surface area contributed by atoms with Crippen LogP contribution in [-0.2, 0) is 10.2 Å². The molecule has 1 aromatic carbocycles. The molecule has 1 heteroatoms. The molecule has 0 aliphatic heterocycles. The summed E-state index contributed by atoms with van der Waals surface area (Å²) in [6.07, 6.45) is 6.30. The van der Waals surface area contributed by atoms with E-state index in [1.165, 1.54) is 5.56 Å². The summed E-state index contributed by atoms with van der Waals surface area (Å²) in [6.45, 7) is 3.87. The van der Waals surface area contributed by atoms with Crippen LogP contribution in [0.5, 0.6) is 0 Å². The van der Waals surface area contributed by atoms with Crippen LogP contribution in [0.4, 0.5) is 0 Å². The van der Waals surface area contributed by atoms with Gasteiger partial charge in [0.15, 0.2) is 0 Å². The lowest BCUT2D eigenvalue weighted by Gasteiger charge is -2.38. The second kappa shape index (κ2) is 4.25. The smallest absolute Gasteiger partial charge is 0.140 e. The van der Waals surface area contributed by atoms with E-state index in [0.29, 0.717) is 5.92 Å². The average molecular weight is 214 g/mol. The van der Waals surface area contributed by atoms with E-state index in [2.05, 4.69) is 31.2 Å². The predicted octanol–water partition coefficient (Wildman–Crippen LogP) is 3.50. The molecule has 16 heavy (non-hydrogen) atoms. The number of Topliss-reactive ketones (excluding diaryl/α,β-unsaturated/α-hetero) is 1. The summed E-state index contributed by atoms with van der Waals surface area (Å²) in [6, 6.07) is 10.2. The normalized spacial score (nSPS) is 29.0. The molecular formula is C15H18O. The molecule has 1 aromatic rings. The van der Waals surface area contributed by atoms with Crippen LogP contribution in [0.15, 0.2) is 42.5 Å². The molecule has 0 bridgehead atoms. The van der Waals surface area contributed by atoms with Gasteiger partial charge in [-0.05, 0) is 31.2 Å². The molecule has 1 aliphatic rings. The zero-order chi connectivity index (χ0) is 11.6. The Balaban J connectivity index is 2.52. The molecule has 84 valence electrons. The highest BCUT2D eigenvalue weighted by Crippen LogP contribution is 2.41. The van der Waals surface area contributed by atoms with Crippen LogP contribution in [0.25, 0.3) is 0 Å². The van der Waals surface area contributed by atoms with Gasteiger partial charge in [0.05, 0.1) is 5.41 Å². The number of allylic oxidation sites excluding steroid dienone is 2. The summed E-state index contributed by atoms with van der Waals surface area (Å²) in [5.74, 6) is 0.580. The van der Waals surface area contributed by atoms with E-state index in [4.69, 9.17) is 0 Å². The van der Waals surface area contributed by atoms with Crippen LogP contribution < -0.4 is 0 Å². The fraction of sp³-hybridized carbons (Fsp3) is 0.400. The minimum absolute atomic E-state index is 0.288. The van der Waals surface area contributed by atoms with Crippen molar-refractivity contribution in [1.82, 2.24) is 0 Å². The number of ketones is 1. The molecule has 2 atom stereocenters. The Hall–Kier alpha value is -1.37. The molecule has 0 amide bonds. The standard InChI is InChI=1S/C15H18O/c1-12-8-6-7-11-15(12,13(2)16)14-9-4-3-5-10-14/h3-6,8-10,12H,7,11H2,1-2H3. The van der Waals surface area contributed by atoms with Gasteiger partial charge in [-0.15, -0.1) is 0 Å². The van der Waals surface area contributed by atoms with Crippen LogP contribution >= 0.6 is 0 Å². The number of rotatable bonds is 2. The number of carbonyl (C=O) groups excluding carboxylic acids is 1. The van der Waals surface area contributed by atoms with Crippen molar-refractivity contribution in [3.63, 3.8) is 0 Å². The Kier molecular flexibility index (Phi) is 2.95. The molecule has 1 nitrogen and oxygen atoms in total. The molecule has 0 aromatic heterocycles. The number of benzene rings is 1. The SMILES string of the molecule is CC(=O)C1(c2ccccc2)CCC=CC1C. The van der Waals surface area contributed by atoms with Crippen molar-refractivity contribution in [2.75, 3.05) is 0 Å². The van der Waals surface area contributed by atoms with Gasteiger partial charge < -0.3 is 0 Å². The zero-order valence-electron chi connectivity index (χ0n) is 9.94. The number of hydrogen-bond donors (Lipinski definition) is 0. The second-order valence-electron chi connectivity index (χ2n) is 4.65. The van der Waals surface area contributed by atoms with Gasteiger partial charge in [0, 0.05) is 0 Å². The summed E-state index contributed by atoms with van der Waals surface area (Å²) in [5.41, 5.74) is 0.870. The predicted molar refractivity (Wildman–Crippen MR) is 66.3 cm³/mol. The summed E-state index contributed by atoms with van der Waals surface area (Å²) >= 11 is 0. The maximum Gasteiger partial charge on any atom is 0.140 e. The molecular weight excluding hydrogens is 196 g/mol. The monoisotopic (exact) mass is 214 g/mol. The van der Waals surface area contributed by atoms with E-state index < -0.39 is 0 Å². The third-order valence-corrected chi connectivity index (χ3v) is 3.82. The third kappa shape index (κ3) is 1.60. The molecule has 0 saturated heterocycles.